The molecule has 0 aliphatic heterocycles. The molecule has 0 saturated heterocycles. The van der Waals surface area contributed by atoms with Gasteiger partial charge in [-0.1, -0.05) is 121 Å². The Kier molecular flexibility index (Phi) is 15.3. The van der Waals surface area contributed by atoms with Gasteiger partial charge >= 0.3 is 0 Å². The maximum atomic E-state index is 12.8. The monoisotopic (exact) mass is 1310 g/mol. The molecule has 0 heterocycles. The summed E-state index contributed by atoms with van der Waals surface area (Å²) in [6.07, 6.45) is 0.743. The Morgan fingerprint density at radius 3 is 0.697 bits per heavy atom. The van der Waals surface area contributed by atoms with Crippen LogP contribution in [-0.4, -0.2) is 77.8 Å². The second-order valence-corrected chi connectivity index (χ2v) is 30.2. The average molecular weight is 1310 g/mol. The molecule has 452 valence electrons. The third kappa shape index (κ3) is 12.3. The van der Waals surface area contributed by atoms with Crippen molar-refractivity contribution in [1.29, 1.82) is 0 Å². The Morgan fingerprint density at radius 2 is 0.404 bits per heavy atom. The van der Waals surface area contributed by atoms with E-state index in [2.05, 4.69) is 0 Å². The Hall–Kier alpha value is -8.34. The van der Waals surface area contributed by atoms with Gasteiger partial charge < -0.3 is 0 Å². The van der Waals surface area contributed by atoms with Gasteiger partial charge in [0, 0.05) is 0 Å². The van der Waals surface area contributed by atoms with E-state index >= 15 is 0 Å². The van der Waals surface area contributed by atoms with Crippen LogP contribution in [0.2, 0.25) is 0 Å². The van der Waals surface area contributed by atoms with Crippen LogP contribution in [0.4, 0.5) is 0 Å². The number of fused-ring (bicyclic) bond motifs is 6. The number of benzene rings is 12. The van der Waals surface area contributed by atoms with Crippen molar-refractivity contribution in [1.82, 2.24) is 0 Å². The number of rotatable bonds is 16. The largest absolute Gasteiger partial charge is 0.294 e. The number of hydrogen-bond acceptors (Lipinski definition) is 12. The van der Waals surface area contributed by atoms with Gasteiger partial charge in [-0.2, -0.15) is 50.5 Å². The summed E-state index contributed by atoms with van der Waals surface area (Å²) in [5.74, 6) is 0. The molecule has 6 N–H and O–H groups in total. The molecule has 0 amide bonds. The van der Waals surface area contributed by atoms with Gasteiger partial charge in [0.25, 0.3) is 60.7 Å². The van der Waals surface area contributed by atoms with Gasteiger partial charge in [-0.25, -0.2) is 0 Å². The highest BCUT2D eigenvalue weighted by molar-refractivity contribution is 7.87. The minimum absolute atomic E-state index is 0.0876. The average Bonchev–Trinajstić information content (AvgIpc) is 1.04. The molecule has 0 spiro atoms. The van der Waals surface area contributed by atoms with Gasteiger partial charge in [-0.15, -0.1) is 0 Å². The molecule has 0 atom stereocenters. The fraction of sp³-hybridized carbons (Fsp3) is 0.0769. The Bertz CT molecular complexity index is 5770. The van der Waals surface area contributed by atoms with Crippen molar-refractivity contribution in [2.45, 2.75) is 61.5 Å². The maximum absolute atomic E-state index is 12.8. The lowest BCUT2D eigenvalue weighted by Crippen LogP contribution is -2.03. The van der Waals surface area contributed by atoms with Gasteiger partial charge in [0.05, 0.1) is 29.4 Å². The third-order valence-electron chi connectivity index (χ3n) is 16.3. The van der Waals surface area contributed by atoms with E-state index in [0.29, 0.717) is 115 Å². The topological polar surface area (TPSA) is 326 Å². The van der Waals surface area contributed by atoms with Crippen LogP contribution < -0.4 is 0 Å². The summed E-state index contributed by atoms with van der Waals surface area (Å²) in [7, 11) is -28.0. The fourth-order valence-electron chi connectivity index (χ4n) is 12.0. The minimum atomic E-state index is -4.78. The van der Waals surface area contributed by atoms with E-state index in [-0.39, 0.29) is 51.7 Å². The summed E-state index contributed by atoms with van der Waals surface area (Å²) in [4.78, 5) is -2.20. The predicted octanol–water partition coefficient (Wildman–Crippen LogP) is 12.0. The highest BCUT2D eigenvalue weighted by atomic mass is 32.2. The Labute approximate surface area is 510 Å². The van der Waals surface area contributed by atoms with Gasteiger partial charge in [0.1, 0.15) is 0 Å². The van der Waals surface area contributed by atoms with Gasteiger partial charge in [0.2, 0.25) is 0 Å². The summed E-state index contributed by atoms with van der Waals surface area (Å²) in [5, 5.41) is 6.32. The third-order valence-corrected chi connectivity index (χ3v) is 21.4. The van der Waals surface area contributed by atoms with Crippen molar-refractivity contribution >= 4 is 125 Å². The summed E-state index contributed by atoms with van der Waals surface area (Å²) in [5.41, 5.74) is 6.36. The molecule has 0 aromatic heterocycles. The van der Waals surface area contributed by atoms with Crippen molar-refractivity contribution in [3.8, 4) is 0 Å². The van der Waals surface area contributed by atoms with Crippen molar-refractivity contribution in [3.63, 3.8) is 0 Å². The SMILES string of the molecule is O=S(=O)(O)c1ccc2c(Cc3ccc(Cc4ccc(Cc5ccc(Cc6ccc(Cc7cccc8ccc(S(=O)(=O)O)cc78)c7ccc(S(=O)(=O)O)cc67)c6ccc(S(=O)(=O)O)cc56)c5ccc(S(=O)(=O)O)cc45)c4ccc(S(=O)(=O)O)cc34)cccc2c1. The molecule has 0 fully saturated rings. The van der Waals surface area contributed by atoms with E-state index in [4.69, 9.17) is 0 Å². The lowest BCUT2D eigenvalue weighted by atomic mass is 9.87. The summed E-state index contributed by atoms with van der Waals surface area (Å²) in [6.45, 7) is 0. The molecule has 0 saturated carbocycles. The first-order chi connectivity index (χ1) is 41.8. The van der Waals surface area contributed by atoms with Crippen LogP contribution in [0.3, 0.4) is 0 Å². The molecule has 89 heavy (non-hydrogen) atoms. The molecule has 12 rings (SSSR count). The van der Waals surface area contributed by atoms with E-state index in [1.807, 2.05) is 30.3 Å². The van der Waals surface area contributed by atoms with Crippen molar-refractivity contribution in [3.05, 3.63) is 250 Å². The molecule has 0 aliphatic rings. The van der Waals surface area contributed by atoms with E-state index in [1.54, 1.807) is 78.9 Å². The molecule has 12 aromatic rings. The maximum Gasteiger partial charge on any atom is 0.294 e. The van der Waals surface area contributed by atoms with Crippen molar-refractivity contribution in [2.75, 3.05) is 0 Å². The fourth-order valence-corrected chi connectivity index (χ4v) is 15.0. The summed E-state index contributed by atoms with van der Waals surface area (Å²) < 4.78 is 211. The summed E-state index contributed by atoms with van der Waals surface area (Å²) in [6, 6.07) is 49.9. The molecular weight excluding hydrogens is 1260 g/mol. The molecule has 24 heteroatoms. The van der Waals surface area contributed by atoms with E-state index < -0.39 is 70.5 Å². The van der Waals surface area contributed by atoms with Gasteiger partial charge in [-0.05, 0) is 225 Å². The zero-order valence-electron chi connectivity index (χ0n) is 46.0. The molecule has 0 radical (unpaired) electrons. The van der Waals surface area contributed by atoms with Crippen LogP contribution in [0, 0.1) is 0 Å². The first kappa shape index (κ1) is 60.9. The van der Waals surface area contributed by atoms with Crippen molar-refractivity contribution in [2.24, 2.45) is 0 Å². The van der Waals surface area contributed by atoms with Gasteiger partial charge in [0.15, 0.2) is 0 Å². The van der Waals surface area contributed by atoms with Crippen LogP contribution in [0.1, 0.15) is 55.6 Å². The highest BCUT2D eigenvalue weighted by Crippen LogP contribution is 2.38. The highest BCUT2D eigenvalue weighted by Gasteiger charge is 2.23. The number of hydrogen-bond donors (Lipinski definition) is 6. The second kappa shape index (κ2) is 22.3. The second-order valence-electron chi connectivity index (χ2n) is 21.7. The van der Waals surface area contributed by atoms with E-state index in [0.717, 1.165) is 5.56 Å². The zero-order valence-corrected chi connectivity index (χ0v) is 50.9. The molecule has 12 aromatic carbocycles. The van der Waals surface area contributed by atoms with Gasteiger partial charge in [-0.3, -0.25) is 27.3 Å². The predicted molar refractivity (Wildman–Crippen MR) is 337 cm³/mol. The van der Waals surface area contributed by atoms with Crippen LogP contribution >= 0.6 is 0 Å². The standard InChI is InChI=1S/C65H48O18S6/c66-84(67,68)50-17-22-56-39(4-2-6-41(56)32-50)27-46-11-8-43(58-24-19-52(34-62(46)58)86(72,73)74)29-48-13-10-45(60-26-21-54(36-64(48)60)88(78,79)80)31-49-14-9-44(59-25-20-55(37-65(49)59)89(81,82)83)30-47-12-7-42(57-23-18-53(35-63(47)57)87(75,76)77)28-40-5-1-3-38-15-16-51(33-61(38)40)85(69,70)71/h1-26,32-37H,27-31H2,(H,66,67,68)(H,69,70,71)(H,72,73,74)(H,75,76,77)(H,78,79,80)(H,81,82,83). The van der Waals surface area contributed by atoms with Crippen LogP contribution in [0.25, 0.3) is 64.6 Å². The van der Waals surface area contributed by atoms with Crippen molar-refractivity contribution < 1.29 is 77.8 Å². The zero-order chi connectivity index (χ0) is 63.3. The Morgan fingerprint density at radius 1 is 0.191 bits per heavy atom. The summed E-state index contributed by atoms with van der Waals surface area (Å²) >= 11 is 0. The lowest BCUT2D eigenvalue weighted by molar-refractivity contribution is 0.481. The molecule has 0 unspecified atom stereocenters. The van der Waals surface area contributed by atoms with Crippen LogP contribution in [0.15, 0.2) is 223 Å². The minimum Gasteiger partial charge on any atom is -0.282 e. The lowest BCUT2D eigenvalue weighted by Gasteiger charge is -2.18. The van der Waals surface area contributed by atoms with E-state index in [9.17, 15) is 77.8 Å². The Balaban J connectivity index is 0.939. The van der Waals surface area contributed by atoms with E-state index in [1.165, 1.54) is 84.9 Å². The smallest absolute Gasteiger partial charge is 0.282 e. The molecular formula is C65H48O18S6. The molecule has 0 bridgehead atoms. The van der Waals surface area contributed by atoms with Crippen LogP contribution in [-0.2, 0) is 92.8 Å². The first-order valence-corrected chi connectivity index (χ1v) is 35.6. The quantitative estimate of drug-likeness (QED) is 0.0490. The van der Waals surface area contributed by atoms with Crippen LogP contribution in [0.5, 0.6) is 0 Å². The first-order valence-electron chi connectivity index (χ1n) is 26.9. The normalized spacial score (nSPS) is 12.9. The molecule has 0 aliphatic carbocycles. The molecule has 18 nitrogen and oxygen atoms in total.